The summed E-state index contributed by atoms with van der Waals surface area (Å²) in [6.07, 6.45) is 2.56. The van der Waals surface area contributed by atoms with Crippen LogP contribution < -0.4 is 10.4 Å². The lowest BCUT2D eigenvalue weighted by molar-refractivity contribution is 0.0697. The van der Waals surface area contributed by atoms with E-state index in [1.807, 2.05) is 36.4 Å². The molecular weight excluding hydrogens is 436 g/mol. The van der Waals surface area contributed by atoms with Crippen molar-refractivity contribution in [3.8, 4) is 0 Å². The molecule has 0 aromatic heterocycles. The maximum absolute atomic E-state index is 11.0. The van der Waals surface area contributed by atoms with Crippen molar-refractivity contribution in [1.29, 1.82) is 0 Å². The Kier molecular flexibility index (Phi) is 6.35. The fraction of sp³-hybridized carbons (Fsp3) is 0.0690. The number of aromatic carboxylic acids is 1. The molecule has 1 unspecified atom stereocenters. The maximum atomic E-state index is 11.0. The predicted octanol–water partition coefficient (Wildman–Crippen LogP) is 6.19. The number of hydrogen-bond donors (Lipinski definition) is 2. The summed E-state index contributed by atoms with van der Waals surface area (Å²) in [7, 11) is 0. The van der Waals surface area contributed by atoms with Crippen molar-refractivity contribution < 1.29 is 9.90 Å². The van der Waals surface area contributed by atoms with Crippen LogP contribution in [0.25, 0.3) is 0 Å². The Morgan fingerprint density at radius 1 is 0.886 bits per heavy atom. The molecule has 172 valence electrons. The quantitative estimate of drug-likeness (QED) is 0.255. The van der Waals surface area contributed by atoms with Crippen LogP contribution >= 0.6 is 0 Å². The first-order valence-corrected chi connectivity index (χ1v) is 11.4. The third-order valence-corrected chi connectivity index (χ3v) is 5.90. The number of nitrogens with zero attached hydrogens (tertiary/aromatic N) is 3. The second-order valence-corrected chi connectivity index (χ2v) is 8.23. The van der Waals surface area contributed by atoms with Crippen molar-refractivity contribution >= 4 is 29.3 Å². The summed E-state index contributed by atoms with van der Waals surface area (Å²) in [6, 6.07) is 35.5. The Morgan fingerprint density at radius 3 is 2.20 bits per heavy atom. The molecule has 0 fully saturated rings. The number of hydrazone groups is 2. The van der Waals surface area contributed by atoms with Crippen molar-refractivity contribution in [2.75, 3.05) is 10.4 Å². The summed E-state index contributed by atoms with van der Waals surface area (Å²) in [4.78, 5) is 11.0. The molecule has 0 radical (unpaired) electrons. The molecule has 5 rings (SSSR count). The molecule has 0 saturated heterocycles. The highest BCUT2D eigenvalue weighted by molar-refractivity contribution is 6.03. The molecule has 0 spiro atoms. The molecule has 4 aromatic rings. The van der Waals surface area contributed by atoms with Crippen molar-refractivity contribution in [1.82, 2.24) is 0 Å². The number of carboxylic acid groups (broad SMARTS) is 1. The molecule has 0 saturated carbocycles. The van der Waals surface area contributed by atoms with Crippen LogP contribution in [0.3, 0.4) is 0 Å². The Morgan fingerprint density at radius 2 is 1.54 bits per heavy atom. The summed E-state index contributed by atoms with van der Waals surface area (Å²) in [5, 5.41) is 20.4. The smallest absolute Gasteiger partial charge is 0.335 e. The van der Waals surface area contributed by atoms with E-state index in [1.54, 1.807) is 30.5 Å². The van der Waals surface area contributed by atoms with Crippen molar-refractivity contribution in [3.63, 3.8) is 0 Å². The average Bonchev–Trinajstić information content (AvgIpc) is 3.36. The Hall–Kier alpha value is -4.71. The number of benzene rings is 4. The third-order valence-electron chi connectivity index (χ3n) is 5.90. The lowest BCUT2D eigenvalue weighted by Gasteiger charge is -2.24. The van der Waals surface area contributed by atoms with Crippen LogP contribution in [-0.2, 0) is 0 Å². The lowest BCUT2D eigenvalue weighted by Crippen LogP contribution is -2.18. The van der Waals surface area contributed by atoms with Gasteiger partial charge in [0.2, 0.25) is 0 Å². The first kappa shape index (κ1) is 22.1. The molecule has 0 bridgehead atoms. The minimum absolute atomic E-state index is 0.126. The molecule has 1 aliphatic rings. The van der Waals surface area contributed by atoms with Gasteiger partial charge in [-0.05, 0) is 53.1 Å². The zero-order valence-corrected chi connectivity index (χ0v) is 19.0. The first-order valence-electron chi connectivity index (χ1n) is 11.4. The van der Waals surface area contributed by atoms with E-state index in [4.69, 9.17) is 10.2 Å². The van der Waals surface area contributed by atoms with E-state index in [1.165, 1.54) is 5.56 Å². The van der Waals surface area contributed by atoms with Gasteiger partial charge >= 0.3 is 5.97 Å². The Balaban J connectivity index is 1.33. The largest absolute Gasteiger partial charge is 0.478 e. The molecule has 2 N–H and O–H groups in total. The van der Waals surface area contributed by atoms with E-state index >= 15 is 0 Å². The van der Waals surface area contributed by atoms with Gasteiger partial charge in [0.1, 0.15) is 0 Å². The lowest BCUT2D eigenvalue weighted by atomic mass is 9.98. The molecule has 0 aliphatic carbocycles. The monoisotopic (exact) mass is 460 g/mol. The van der Waals surface area contributed by atoms with Gasteiger partial charge in [-0.2, -0.15) is 10.2 Å². The average molecular weight is 461 g/mol. The summed E-state index contributed by atoms with van der Waals surface area (Å²) in [5.41, 5.74) is 9.27. The Labute approximate surface area is 203 Å². The number of rotatable bonds is 7. The number of carboxylic acids is 1. The van der Waals surface area contributed by atoms with Crippen LogP contribution in [0.2, 0.25) is 0 Å². The minimum atomic E-state index is -0.951. The van der Waals surface area contributed by atoms with Gasteiger partial charge in [-0.15, -0.1) is 0 Å². The molecule has 6 nitrogen and oxygen atoms in total. The van der Waals surface area contributed by atoms with Crippen LogP contribution in [0.5, 0.6) is 0 Å². The number of anilines is 2. The second-order valence-electron chi connectivity index (χ2n) is 8.23. The molecule has 1 heterocycles. The van der Waals surface area contributed by atoms with Gasteiger partial charge < -0.3 is 5.11 Å². The van der Waals surface area contributed by atoms with Crippen molar-refractivity contribution in [3.05, 3.63) is 131 Å². The van der Waals surface area contributed by atoms with Gasteiger partial charge in [0, 0.05) is 6.42 Å². The second kappa shape index (κ2) is 10.1. The van der Waals surface area contributed by atoms with Crippen LogP contribution in [0.15, 0.2) is 119 Å². The summed E-state index contributed by atoms with van der Waals surface area (Å²) < 4.78 is 0. The van der Waals surface area contributed by atoms with Gasteiger partial charge in [0.15, 0.2) is 0 Å². The number of hydrogen-bond acceptors (Lipinski definition) is 5. The fourth-order valence-corrected chi connectivity index (χ4v) is 4.07. The summed E-state index contributed by atoms with van der Waals surface area (Å²) in [6.45, 7) is 0. The molecular formula is C29H24N4O2. The van der Waals surface area contributed by atoms with Gasteiger partial charge in [0.25, 0.3) is 0 Å². The van der Waals surface area contributed by atoms with Crippen LogP contribution in [0, 0.1) is 0 Å². The summed E-state index contributed by atoms with van der Waals surface area (Å²) in [5.74, 6) is -0.951. The highest BCUT2D eigenvalue weighted by Crippen LogP contribution is 2.36. The van der Waals surface area contributed by atoms with Crippen LogP contribution in [0.4, 0.5) is 11.4 Å². The molecule has 6 heteroatoms. The van der Waals surface area contributed by atoms with Crippen LogP contribution in [0.1, 0.15) is 39.5 Å². The predicted molar refractivity (Wildman–Crippen MR) is 140 cm³/mol. The molecule has 4 aromatic carbocycles. The normalized spacial score (nSPS) is 15.3. The van der Waals surface area contributed by atoms with Crippen molar-refractivity contribution in [2.45, 2.75) is 12.5 Å². The van der Waals surface area contributed by atoms with E-state index < -0.39 is 5.97 Å². The SMILES string of the molecule is O=C(O)c1ccc(N/N=C/c2ccc(N3N=C(c4ccccc4)CC3c3ccccc3)cc2)cc1. The standard InChI is InChI=1S/C29H24N4O2/c34-29(35)24-13-15-25(16-14-24)31-30-20-21-11-17-26(18-12-21)33-28(23-9-5-2-6-10-23)19-27(32-33)22-7-3-1-4-8-22/h1-18,20,28,31H,19H2,(H,34,35)/b30-20+. The van der Waals surface area contributed by atoms with Gasteiger partial charge in [-0.1, -0.05) is 72.8 Å². The maximum Gasteiger partial charge on any atom is 0.335 e. The third kappa shape index (κ3) is 5.12. The van der Waals surface area contributed by atoms with Crippen LogP contribution in [-0.4, -0.2) is 23.0 Å². The summed E-state index contributed by atoms with van der Waals surface area (Å²) >= 11 is 0. The minimum Gasteiger partial charge on any atom is -0.478 e. The zero-order valence-electron chi connectivity index (χ0n) is 19.0. The van der Waals surface area contributed by atoms with E-state index in [0.717, 1.165) is 28.9 Å². The van der Waals surface area contributed by atoms with Gasteiger partial charge in [-0.25, -0.2) is 4.79 Å². The van der Waals surface area contributed by atoms with Crippen molar-refractivity contribution in [2.24, 2.45) is 10.2 Å². The zero-order chi connectivity index (χ0) is 24.0. The highest BCUT2D eigenvalue weighted by atomic mass is 16.4. The van der Waals surface area contributed by atoms with Gasteiger partial charge in [0.05, 0.1) is 34.9 Å². The van der Waals surface area contributed by atoms with E-state index in [2.05, 4.69) is 64.1 Å². The molecule has 35 heavy (non-hydrogen) atoms. The topological polar surface area (TPSA) is 77.3 Å². The highest BCUT2D eigenvalue weighted by Gasteiger charge is 2.29. The first-order chi connectivity index (χ1) is 17.2. The Bertz CT molecular complexity index is 1350. The molecule has 1 atom stereocenters. The fourth-order valence-electron chi connectivity index (χ4n) is 4.07. The molecule has 0 amide bonds. The van der Waals surface area contributed by atoms with Gasteiger partial charge in [-0.3, -0.25) is 10.4 Å². The molecule has 1 aliphatic heterocycles. The van der Waals surface area contributed by atoms with E-state index in [-0.39, 0.29) is 11.6 Å². The van der Waals surface area contributed by atoms with E-state index in [0.29, 0.717) is 5.69 Å². The van der Waals surface area contributed by atoms with E-state index in [9.17, 15) is 4.79 Å². The number of carbonyl (C=O) groups is 1. The number of nitrogens with one attached hydrogen (secondary N) is 1.